The standard InChI is InChI=1S/C17H26N2O5S/c1-6-23-14(21)17(5,25)8-11-7-12(10-20)13(18-9-11)19-15(22)24-16(2,3)4/h7,9,20,25H,6,8,10H2,1-5H3,(H,18,19,22). The van der Waals surface area contributed by atoms with E-state index in [9.17, 15) is 14.7 Å². The summed E-state index contributed by atoms with van der Waals surface area (Å²) in [5.74, 6) is -0.225. The fourth-order valence-electron chi connectivity index (χ4n) is 2.05. The first-order chi connectivity index (χ1) is 11.5. The molecule has 1 aromatic heterocycles. The van der Waals surface area contributed by atoms with Crippen LogP contribution < -0.4 is 5.32 Å². The zero-order valence-electron chi connectivity index (χ0n) is 15.3. The van der Waals surface area contributed by atoms with Crippen LogP contribution in [0.15, 0.2) is 12.3 Å². The Balaban J connectivity index is 2.91. The first-order valence-corrected chi connectivity index (χ1v) is 8.41. The Hall–Kier alpha value is -1.80. The summed E-state index contributed by atoms with van der Waals surface area (Å²) in [6.45, 7) is 8.57. The fraction of sp³-hybridized carbons (Fsp3) is 0.588. The van der Waals surface area contributed by atoms with Crippen LogP contribution in [0.5, 0.6) is 0 Å². The normalized spacial score (nSPS) is 13.7. The van der Waals surface area contributed by atoms with E-state index >= 15 is 0 Å². The number of rotatable bonds is 6. The molecule has 0 saturated carbocycles. The summed E-state index contributed by atoms with van der Waals surface area (Å²) < 4.78 is 9.14. The summed E-state index contributed by atoms with van der Waals surface area (Å²) in [6.07, 6.45) is 1.12. The summed E-state index contributed by atoms with van der Waals surface area (Å²) in [7, 11) is 0. The molecule has 0 bridgehead atoms. The van der Waals surface area contributed by atoms with Crippen LogP contribution in [0.25, 0.3) is 0 Å². The lowest BCUT2D eigenvalue weighted by Gasteiger charge is -2.22. The number of pyridine rings is 1. The quantitative estimate of drug-likeness (QED) is 0.526. The van der Waals surface area contributed by atoms with E-state index in [0.29, 0.717) is 11.1 Å². The van der Waals surface area contributed by atoms with Crippen LogP contribution in [0.1, 0.15) is 45.7 Å². The third kappa shape index (κ3) is 6.91. The van der Waals surface area contributed by atoms with Crippen molar-refractivity contribution in [1.82, 2.24) is 4.98 Å². The minimum Gasteiger partial charge on any atom is -0.465 e. The van der Waals surface area contributed by atoms with E-state index in [4.69, 9.17) is 9.47 Å². The van der Waals surface area contributed by atoms with Gasteiger partial charge in [-0.25, -0.2) is 9.78 Å². The van der Waals surface area contributed by atoms with Crippen molar-refractivity contribution in [3.8, 4) is 0 Å². The molecular weight excluding hydrogens is 344 g/mol. The van der Waals surface area contributed by atoms with E-state index in [1.165, 1.54) is 6.20 Å². The van der Waals surface area contributed by atoms with E-state index < -0.39 is 22.4 Å². The maximum absolute atomic E-state index is 11.9. The first kappa shape index (κ1) is 21.2. The van der Waals surface area contributed by atoms with Crippen LogP contribution in [-0.4, -0.2) is 39.1 Å². The number of thiol groups is 1. The predicted molar refractivity (Wildman–Crippen MR) is 97.7 cm³/mol. The van der Waals surface area contributed by atoms with Crippen LogP contribution >= 0.6 is 12.6 Å². The highest BCUT2D eigenvalue weighted by molar-refractivity contribution is 7.82. The fourth-order valence-corrected chi connectivity index (χ4v) is 2.29. The van der Waals surface area contributed by atoms with Crippen LogP contribution in [0.3, 0.4) is 0 Å². The smallest absolute Gasteiger partial charge is 0.413 e. The topological polar surface area (TPSA) is 97.8 Å². The maximum atomic E-state index is 11.9. The van der Waals surface area contributed by atoms with Crippen LogP contribution in [0.4, 0.5) is 10.6 Å². The average molecular weight is 370 g/mol. The molecule has 1 atom stereocenters. The molecule has 2 N–H and O–H groups in total. The highest BCUT2D eigenvalue weighted by Gasteiger charge is 2.31. The third-order valence-corrected chi connectivity index (χ3v) is 3.42. The Morgan fingerprint density at radius 1 is 1.32 bits per heavy atom. The largest absolute Gasteiger partial charge is 0.465 e. The van der Waals surface area contributed by atoms with Crippen molar-refractivity contribution in [3.05, 3.63) is 23.4 Å². The zero-order chi connectivity index (χ0) is 19.3. The van der Waals surface area contributed by atoms with Gasteiger partial charge >= 0.3 is 12.1 Å². The number of hydrogen-bond donors (Lipinski definition) is 3. The Labute approximate surface area is 153 Å². The lowest BCUT2D eigenvalue weighted by atomic mass is 10.0. The van der Waals surface area contributed by atoms with E-state index in [1.807, 2.05) is 0 Å². The highest BCUT2D eigenvalue weighted by atomic mass is 32.1. The molecule has 0 aliphatic carbocycles. The van der Waals surface area contributed by atoms with E-state index in [-0.39, 0.29) is 25.5 Å². The number of carbonyl (C=O) groups excluding carboxylic acids is 2. The molecule has 1 aromatic rings. The number of carbonyl (C=O) groups is 2. The second kappa shape index (κ2) is 8.53. The molecule has 0 radical (unpaired) electrons. The van der Waals surface area contributed by atoms with Crippen molar-refractivity contribution in [2.24, 2.45) is 0 Å². The van der Waals surface area contributed by atoms with Crippen LogP contribution in [0.2, 0.25) is 0 Å². The van der Waals surface area contributed by atoms with Crippen molar-refractivity contribution >= 4 is 30.5 Å². The third-order valence-electron chi connectivity index (χ3n) is 3.08. The molecule has 8 heteroatoms. The van der Waals surface area contributed by atoms with Gasteiger partial charge in [0.05, 0.1) is 13.2 Å². The number of hydrogen-bond acceptors (Lipinski definition) is 7. The summed E-state index contributed by atoms with van der Waals surface area (Å²) >= 11 is 4.36. The molecule has 7 nitrogen and oxygen atoms in total. The molecule has 0 spiro atoms. The molecule has 1 rings (SSSR count). The van der Waals surface area contributed by atoms with Gasteiger partial charge in [0.25, 0.3) is 0 Å². The van der Waals surface area contributed by atoms with Crippen molar-refractivity contribution in [2.45, 2.75) is 58.0 Å². The van der Waals surface area contributed by atoms with Crippen molar-refractivity contribution in [2.75, 3.05) is 11.9 Å². The van der Waals surface area contributed by atoms with Gasteiger partial charge in [-0.3, -0.25) is 10.1 Å². The maximum Gasteiger partial charge on any atom is 0.413 e. The second-order valence-corrected chi connectivity index (χ2v) is 7.79. The predicted octanol–water partition coefficient (Wildman–Crippen LogP) is 2.72. The summed E-state index contributed by atoms with van der Waals surface area (Å²) in [4.78, 5) is 27.9. The SMILES string of the molecule is CCOC(=O)C(C)(S)Cc1cnc(NC(=O)OC(C)(C)C)c(CO)c1. The van der Waals surface area contributed by atoms with Crippen molar-refractivity contribution in [3.63, 3.8) is 0 Å². The molecule has 1 amide bonds. The number of ether oxygens (including phenoxy) is 2. The van der Waals surface area contributed by atoms with E-state index in [2.05, 4.69) is 22.9 Å². The summed E-state index contributed by atoms with van der Waals surface area (Å²) in [5.41, 5.74) is 0.456. The number of nitrogens with one attached hydrogen (secondary N) is 1. The van der Waals surface area contributed by atoms with Crippen molar-refractivity contribution in [1.29, 1.82) is 0 Å². The zero-order valence-corrected chi connectivity index (χ0v) is 16.1. The van der Waals surface area contributed by atoms with Gasteiger partial charge in [0, 0.05) is 11.8 Å². The van der Waals surface area contributed by atoms with Gasteiger partial charge in [0.15, 0.2) is 0 Å². The molecule has 0 aliphatic heterocycles. The van der Waals surface area contributed by atoms with E-state index in [0.717, 1.165) is 0 Å². The Morgan fingerprint density at radius 2 is 1.96 bits per heavy atom. The lowest BCUT2D eigenvalue weighted by molar-refractivity contribution is -0.145. The van der Waals surface area contributed by atoms with Crippen LogP contribution in [-0.2, 0) is 27.3 Å². The molecule has 25 heavy (non-hydrogen) atoms. The number of aliphatic hydroxyl groups is 1. The Bertz CT molecular complexity index is 626. The van der Waals surface area contributed by atoms with Crippen LogP contribution in [0, 0.1) is 0 Å². The molecule has 0 aromatic carbocycles. The molecule has 0 fully saturated rings. The van der Waals surface area contributed by atoms with Gasteiger partial charge in [-0.2, -0.15) is 12.6 Å². The molecule has 1 heterocycles. The molecule has 0 saturated heterocycles. The number of nitrogens with zero attached hydrogens (tertiary/aromatic N) is 1. The highest BCUT2D eigenvalue weighted by Crippen LogP contribution is 2.24. The lowest BCUT2D eigenvalue weighted by Crippen LogP contribution is -2.33. The average Bonchev–Trinajstić information content (AvgIpc) is 2.46. The first-order valence-electron chi connectivity index (χ1n) is 7.96. The van der Waals surface area contributed by atoms with Gasteiger partial charge in [-0.05, 0) is 52.7 Å². The Morgan fingerprint density at radius 3 is 2.48 bits per heavy atom. The van der Waals surface area contributed by atoms with Gasteiger partial charge < -0.3 is 14.6 Å². The minimum atomic E-state index is -1.02. The van der Waals surface area contributed by atoms with Gasteiger partial charge in [0.1, 0.15) is 16.2 Å². The van der Waals surface area contributed by atoms with Crippen molar-refractivity contribution < 1.29 is 24.2 Å². The molecule has 0 aliphatic rings. The summed E-state index contributed by atoms with van der Waals surface area (Å²) in [5, 5.41) is 12.0. The summed E-state index contributed by atoms with van der Waals surface area (Å²) in [6, 6.07) is 1.66. The minimum absolute atomic E-state index is 0.206. The monoisotopic (exact) mass is 370 g/mol. The number of amides is 1. The number of aromatic nitrogens is 1. The molecule has 1 unspecified atom stereocenters. The number of aliphatic hydroxyl groups excluding tert-OH is 1. The molecular formula is C17H26N2O5S. The van der Waals surface area contributed by atoms with Gasteiger partial charge in [-0.15, -0.1) is 0 Å². The van der Waals surface area contributed by atoms with E-state index in [1.54, 1.807) is 40.7 Å². The van der Waals surface area contributed by atoms with Gasteiger partial charge in [-0.1, -0.05) is 0 Å². The number of anilines is 1. The Kier molecular flexibility index (Phi) is 7.25. The number of esters is 1. The molecule has 140 valence electrons. The second-order valence-electron chi connectivity index (χ2n) is 6.81. The van der Waals surface area contributed by atoms with Gasteiger partial charge in [0.2, 0.25) is 0 Å².